The van der Waals surface area contributed by atoms with Crippen molar-refractivity contribution >= 4 is 22.8 Å². The van der Waals surface area contributed by atoms with Gasteiger partial charge in [0.2, 0.25) is 0 Å². The number of anilines is 2. The van der Waals surface area contributed by atoms with Gasteiger partial charge < -0.3 is 15.1 Å². The molecule has 2 N–H and O–H groups in total. The van der Waals surface area contributed by atoms with Crippen LogP contribution in [-0.2, 0) is 0 Å². The molecular weight excluding hydrogens is 240 g/mol. The third-order valence-electron chi connectivity index (χ3n) is 4.09. The fraction of sp³-hybridized carbons (Fsp3) is 0.500. The molecule has 2 fully saturated rings. The summed E-state index contributed by atoms with van der Waals surface area (Å²) in [5.41, 5.74) is 8.16. The Kier molecular flexibility index (Phi) is 2.41. The average Bonchev–Trinajstić information content (AvgIpc) is 3.19. The predicted octanol–water partition coefficient (Wildman–Crippen LogP) is 1.69. The van der Waals surface area contributed by atoms with E-state index < -0.39 is 0 Å². The minimum Gasteiger partial charge on any atom is -0.423 e. The van der Waals surface area contributed by atoms with Gasteiger partial charge in [-0.1, -0.05) is 6.07 Å². The van der Waals surface area contributed by atoms with Crippen LogP contribution in [-0.4, -0.2) is 42.1 Å². The molecule has 2 aromatic rings. The van der Waals surface area contributed by atoms with E-state index in [1.165, 1.54) is 12.8 Å². The third kappa shape index (κ3) is 1.94. The van der Waals surface area contributed by atoms with Crippen molar-refractivity contribution < 1.29 is 4.42 Å². The van der Waals surface area contributed by atoms with Gasteiger partial charge in [-0.15, -0.1) is 0 Å². The first kappa shape index (κ1) is 11.1. The molecule has 0 spiro atoms. The molecule has 0 atom stereocenters. The monoisotopic (exact) mass is 258 g/mol. The number of nitrogens with two attached hydrogens (primary N) is 1. The zero-order valence-electron chi connectivity index (χ0n) is 10.9. The van der Waals surface area contributed by atoms with E-state index in [0.29, 0.717) is 11.7 Å². The summed E-state index contributed by atoms with van der Waals surface area (Å²) in [6.07, 6.45) is 2.75. The van der Waals surface area contributed by atoms with Gasteiger partial charge in [0.15, 0.2) is 5.58 Å². The lowest BCUT2D eigenvalue weighted by atomic mass is 10.3. The second-order valence-electron chi connectivity index (χ2n) is 5.44. The highest BCUT2D eigenvalue weighted by Gasteiger charge is 2.32. The molecule has 4 rings (SSSR count). The van der Waals surface area contributed by atoms with Gasteiger partial charge >= 0.3 is 0 Å². The van der Waals surface area contributed by atoms with E-state index in [9.17, 15) is 0 Å². The number of hydrogen-bond donors (Lipinski definition) is 1. The van der Waals surface area contributed by atoms with E-state index in [-0.39, 0.29) is 0 Å². The first-order valence-electron chi connectivity index (χ1n) is 6.95. The van der Waals surface area contributed by atoms with Gasteiger partial charge in [-0.05, 0) is 25.0 Å². The molecule has 100 valence electrons. The molecule has 1 aromatic heterocycles. The van der Waals surface area contributed by atoms with Gasteiger partial charge in [-0.2, -0.15) is 4.98 Å². The van der Waals surface area contributed by atoms with Crippen LogP contribution in [0.2, 0.25) is 0 Å². The van der Waals surface area contributed by atoms with Gasteiger partial charge in [-0.3, -0.25) is 4.90 Å². The van der Waals surface area contributed by atoms with Crippen LogP contribution in [0.15, 0.2) is 22.6 Å². The number of piperazine rings is 1. The molecule has 1 aliphatic carbocycles. The molecule has 0 unspecified atom stereocenters. The average molecular weight is 258 g/mol. The maximum Gasteiger partial charge on any atom is 0.298 e. The van der Waals surface area contributed by atoms with Crippen LogP contribution in [0.5, 0.6) is 0 Å². The number of oxazole rings is 1. The maximum absolute atomic E-state index is 5.92. The van der Waals surface area contributed by atoms with Crippen LogP contribution in [0.25, 0.3) is 11.1 Å². The summed E-state index contributed by atoms with van der Waals surface area (Å²) in [4.78, 5) is 9.33. The normalized spacial score (nSPS) is 21.2. The Balaban J connectivity index is 1.56. The third-order valence-corrected chi connectivity index (χ3v) is 4.09. The number of benzene rings is 1. The smallest absolute Gasteiger partial charge is 0.298 e. The summed E-state index contributed by atoms with van der Waals surface area (Å²) in [5, 5.41) is 0. The van der Waals surface area contributed by atoms with Crippen LogP contribution in [0, 0.1) is 0 Å². The minimum absolute atomic E-state index is 0.684. The molecular formula is C14H18N4O. The van der Waals surface area contributed by atoms with E-state index >= 15 is 0 Å². The van der Waals surface area contributed by atoms with Crippen LogP contribution < -0.4 is 10.6 Å². The second-order valence-corrected chi connectivity index (χ2v) is 5.44. The topological polar surface area (TPSA) is 58.5 Å². The van der Waals surface area contributed by atoms with Gasteiger partial charge in [0, 0.05) is 32.2 Å². The Morgan fingerprint density at radius 2 is 1.95 bits per heavy atom. The predicted molar refractivity (Wildman–Crippen MR) is 75.2 cm³/mol. The van der Waals surface area contributed by atoms with Crippen molar-refractivity contribution in [2.75, 3.05) is 36.8 Å². The lowest BCUT2D eigenvalue weighted by molar-refractivity contribution is 0.244. The molecule has 1 saturated heterocycles. The highest BCUT2D eigenvalue weighted by molar-refractivity contribution is 5.86. The van der Waals surface area contributed by atoms with Crippen molar-refractivity contribution in [2.45, 2.75) is 18.9 Å². The summed E-state index contributed by atoms with van der Waals surface area (Å²) in [6.45, 7) is 4.20. The second kappa shape index (κ2) is 4.13. The number of aromatic nitrogens is 1. The summed E-state index contributed by atoms with van der Waals surface area (Å²) < 4.78 is 5.82. The molecule has 1 aromatic carbocycles. The van der Waals surface area contributed by atoms with Gasteiger partial charge in [0.25, 0.3) is 6.01 Å². The summed E-state index contributed by atoms with van der Waals surface area (Å²) in [7, 11) is 0. The zero-order valence-corrected chi connectivity index (χ0v) is 10.9. The summed E-state index contributed by atoms with van der Waals surface area (Å²) in [6, 6.07) is 7.24. The van der Waals surface area contributed by atoms with E-state index in [2.05, 4.69) is 14.8 Å². The summed E-state index contributed by atoms with van der Waals surface area (Å²) >= 11 is 0. The minimum atomic E-state index is 0.684. The van der Waals surface area contributed by atoms with Gasteiger partial charge in [-0.25, -0.2) is 0 Å². The van der Waals surface area contributed by atoms with E-state index in [1.54, 1.807) is 0 Å². The molecule has 5 nitrogen and oxygen atoms in total. The fourth-order valence-corrected chi connectivity index (χ4v) is 2.81. The Hall–Kier alpha value is -1.75. The number of para-hydroxylation sites is 1. The first-order valence-corrected chi connectivity index (χ1v) is 6.95. The standard InChI is InChI=1S/C14H18N4O/c15-11-2-1-3-12-13(11)16-14(19-12)18-8-6-17(7-9-18)10-4-5-10/h1-3,10H,4-9,15H2. The molecule has 0 radical (unpaired) electrons. The molecule has 0 amide bonds. The Labute approximate surface area is 112 Å². The van der Waals surface area contributed by atoms with Crippen molar-refractivity contribution in [2.24, 2.45) is 0 Å². The van der Waals surface area contributed by atoms with Crippen molar-refractivity contribution in [1.29, 1.82) is 0 Å². The van der Waals surface area contributed by atoms with Crippen LogP contribution in [0.4, 0.5) is 11.7 Å². The number of rotatable bonds is 2. The van der Waals surface area contributed by atoms with Crippen LogP contribution in [0.1, 0.15) is 12.8 Å². The van der Waals surface area contributed by atoms with Gasteiger partial charge in [0.05, 0.1) is 5.69 Å². The van der Waals surface area contributed by atoms with Crippen molar-refractivity contribution in [3.05, 3.63) is 18.2 Å². The van der Waals surface area contributed by atoms with E-state index in [0.717, 1.165) is 43.3 Å². The lowest BCUT2D eigenvalue weighted by Gasteiger charge is -2.33. The molecule has 2 aliphatic rings. The molecule has 1 aliphatic heterocycles. The Morgan fingerprint density at radius 1 is 1.16 bits per heavy atom. The maximum atomic E-state index is 5.92. The van der Waals surface area contributed by atoms with Crippen molar-refractivity contribution in [3.8, 4) is 0 Å². The molecule has 0 bridgehead atoms. The quantitative estimate of drug-likeness (QED) is 0.831. The lowest BCUT2D eigenvalue weighted by Crippen LogP contribution is -2.47. The van der Waals surface area contributed by atoms with Gasteiger partial charge in [0.1, 0.15) is 5.52 Å². The highest BCUT2D eigenvalue weighted by Crippen LogP contribution is 2.30. The zero-order chi connectivity index (χ0) is 12.8. The van der Waals surface area contributed by atoms with E-state index in [1.807, 2.05) is 18.2 Å². The number of fused-ring (bicyclic) bond motifs is 1. The molecule has 19 heavy (non-hydrogen) atoms. The van der Waals surface area contributed by atoms with Crippen molar-refractivity contribution in [3.63, 3.8) is 0 Å². The first-order chi connectivity index (χ1) is 9.31. The largest absolute Gasteiger partial charge is 0.423 e. The highest BCUT2D eigenvalue weighted by atomic mass is 16.4. The molecule has 1 saturated carbocycles. The Morgan fingerprint density at radius 3 is 2.63 bits per heavy atom. The number of nitrogen functional groups attached to an aromatic ring is 1. The number of nitrogens with zero attached hydrogens (tertiary/aromatic N) is 3. The molecule has 2 heterocycles. The molecule has 5 heteroatoms. The fourth-order valence-electron chi connectivity index (χ4n) is 2.81. The van der Waals surface area contributed by atoms with E-state index in [4.69, 9.17) is 10.2 Å². The Bertz CT molecular complexity index is 597. The number of hydrogen-bond acceptors (Lipinski definition) is 5. The van der Waals surface area contributed by atoms with Crippen molar-refractivity contribution in [1.82, 2.24) is 9.88 Å². The van der Waals surface area contributed by atoms with Crippen LogP contribution in [0.3, 0.4) is 0 Å². The van der Waals surface area contributed by atoms with Crippen LogP contribution >= 0.6 is 0 Å². The summed E-state index contributed by atoms with van der Waals surface area (Å²) in [5.74, 6) is 0. The SMILES string of the molecule is Nc1cccc2oc(N3CCN(C4CC4)CC3)nc12.